The lowest BCUT2D eigenvalue weighted by Gasteiger charge is -2.48. The number of amides is 2. The zero-order chi connectivity index (χ0) is 48.3. The highest BCUT2D eigenvalue weighted by molar-refractivity contribution is 5.95. The molecule has 4 N–H and O–H groups in total. The summed E-state index contributed by atoms with van der Waals surface area (Å²) in [6.07, 6.45) is 1.20. The van der Waals surface area contributed by atoms with Crippen LogP contribution in [-0.4, -0.2) is 87.7 Å². The predicted octanol–water partition coefficient (Wildman–Crippen LogP) is 6.66. The average Bonchev–Trinajstić information content (AvgIpc) is 3.93. The van der Waals surface area contributed by atoms with Crippen molar-refractivity contribution in [3.63, 3.8) is 0 Å². The van der Waals surface area contributed by atoms with Gasteiger partial charge in [0.25, 0.3) is 5.91 Å². The van der Waals surface area contributed by atoms with Gasteiger partial charge in [0.15, 0.2) is 6.04 Å². The van der Waals surface area contributed by atoms with Crippen LogP contribution in [0, 0.1) is 5.41 Å². The minimum absolute atomic E-state index is 0.00147. The van der Waals surface area contributed by atoms with Gasteiger partial charge in [-0.05, 0) is 74.1 Å². The number of nitrogens with one attached hydrogen (secondary N) is 2. The second kappa shape index (κ2) is 19.7. The number of aliphatic hydroxyl groups excluding tert-OH is 1. The van der Waals surface area contributed by atoms with Gasteiger partial charge in [-0.25, -0.2) is 0 Å². The molecule has 3 aliphatic heterocycles. The van der Waals surface area contributed by atoms with E-state index in [0.29, 0.717) is 12.0 Å². The van der Waals surface area contributed by atoms with Crippen molar-refractivity contribution in [3.05, 3.63) is 178 Å². The standard InChI is InChI=1S/C55H57N3O11/c1-53(2,3)66-45(61)28-27-42(34-59)57-50(62)39-21-14-17-36(30-39)32-56-52(64)54-31-44-46-47(68-55(67-46,40-22-6-4-7-23-40)41-24-8-5-9-25-41)49(54)69-58(48(54)51(63)65-44)33-37-18-12-15-35(29-37)16-13-20-38-19-10-11-26-43(38)60/h4-19,21-26,29-30,42,44,46-49,59-60H,20,27-28,31-34H2,1-3H3,(H,56,64)(H,57,62). The van der Waals surface area contributed by atoms with E-state index in [1.54, 1.807) is 62.2 Å². The zero-order valence-corrected chi connectivity index (χ0v) is 38.8. The molecule has 5 aromatic carbocycles. The third kappa shape index (κ3) is 9.81. The second-order valence-corrected chi connectivity index (χ2v) is 19.1. The van der Waals surface area contributed by atoms with Crippen molar-refractivity contribution in [2.45, 2.75) is 107 Å². The monoisotopic (exact) mass is 935 g/mol. The Hall–Kier alpha value is -6.68. The zero-order valence-electron chi connectivity index (χ0n) is 38.8. The van der Waals surface area contributed by atoms with Gasteiger partial charge in [-0.15, -0.1) is 0 Å². The summed E-state index contributed by atoms with van der Waals surface area (Å²) < 4.78 is 25.8. The molecular weight excluding hydrogens is 879 g/mol. The summed E-state index contributed by atoms with van der Waals surface area (Å²) in [6, 6.07) is 38.9. The third-order valence-electron chi connectivity index (χ3n) is 13.1. The largest absolute Gasteiger partial charge is 0.508 e. The van der Waals surface area contributed by atoms with E-state index >= 15 is 4.79 Å². The van der Waals surface area contributed by atoms with E-state index in [9.17, 15) is 24.6 Å². The highest BCUT2D eigenvalue weighted by Gasteiger charge is 2.76. The Balaban J connectivity index is 0.988. The first-order valence-electron chi connectivity index (χ1n) is 23.4. The topological polar surface area (TPSA) is 182 Å². The van der Waals surface area contributed by atoms with E-state index in [-0.39, 0.29) is 50.3 Å². The molecule has 5 aromatic rings. The van der Waals surface area contributed by atoms with Gasteiger partial charge >= 0.3 is 11.9 Å². The molecule has 3 heterocycles. The number of allylic oxidation sites excluding steroid dienone is 1. The Morgan fingerprint density at radius 3 is 2.25 bits per heavy atom. The fraction of sp³-hybridized carbons (Fsp3) is 0.345. The first-order valence-corrected chi connectivity index (χ1v) is 23.4. The van der Waals surface area contributed by atoms with E-state index in [1.807, 2.05) is 109 Å². The predicted molar refractivity (Wildman–Crippen MR) is 254 cm³/mol. The number of aliphatic hydroxyl groups is 1. The van der Waals surface area contributed by atoms with Gasteiger partial charge in [-0.2, -0.15) is 5.06 Å². The van der Waals surface area contributed by atoms with Crippen LogP contribution >= 0.6 is 0 Å². The molecule has 3 saturated heterocycles. The Labute approximate surface area is 401 Å². The van der Waals surface area contributed by atoms with E-state index in [4.69, 9.17) is 23.8 Å². The van der Waals surface area contributed by atoms with E-state index in [2.05, 4.69) is 10.6 Å². The van der Waals surface area contributed by atoms with Crippen molar-refractivity contribution in [1.82, 2.24) is 15.7 Å². The summed E-state index contributed by atoms with van der Waals surface area (Å²) in [5, 5.41) is 27.8. The number of benzene rings is 5. The molecule has 2 bridgehead atoms. The normalized spacial score (nSPS) is 24.0. The minimum atomic E-state index is -1.50. The molecule has 358 valence electrons. The molecule has 14 heteroatoms. The maximum absolute atomic E-state index is 15.2. The molecular formula is C55H57N3O11. The van der Waals surface area contributed by atoms with Gasteiger partial charge in [-0.3, -0.25) is 24.0 Å². The molecule has 9 rings (SSSR count). The van der Waals surface area contributed by atoms with Gasteiger partial charge in [0.1, 0.15) is 41.2 Å². The molecule has 69 heavy (non-hydrogen) atoms. The van der Waals surface area contributed by atoms with Gasteiger partial charge in [0, 0.05) is 36.1 Å². The number of nitrogens with zero attached hydrogens (tertiary/aromatic N) is 1. The number of para-hydroxylation sites is 1. The van der Waals surface area contributed by atoms with E-state index in [1.165, 1.54) is 0 Å². The highest BCUT2D eigenvalue weighted by Crippen LogP contribution is 2.59. The molecule has 1 saturated carbocycles. The SMILES string of the molecule is CC(C)(C)OC(=O)CCC(CO)NC(=O)c1cccc(CNC(=O)C23CC4OC(=O)C2N(Cc2cccc(C=CCc5ccccc5O)c2)OC3C2OC(c3ccccc3)(c3ccccc3)OC42)c1. The van der Waals surface area contributed by atoms with Crippen LogP contribution in [0.25, 0.3) is 6.08 Å². The van der Waals surface area contributed by atoms with Crippen LogP contribution in [0.2, 0.25) is 0 Å². The van der Waals surface area contributed by atoms with Crippen molar-refractivity contribution in [2.24, 2.45) is 5.41 Å². The number of carbonyl (C=O) groups excluding carboxylic acids is 4. The number of aromatic hydroxyl groups is 1. The molecule has 1 aliphatic carbocycles. The number of esters is 2. The van der Waals surface area contributed by atoms with E-state index in [0.717, 1.165) is 27.8 Å². The smallest absolute Gasteiger partial charge is 0.327 e. The van der Waals surface area contributed by atoms with Crippen molar-refractivity contribution in [2.75, 3.05) is 6.61 Å². The van der Waals surface area contributed by atoms with Crippen LogP contribution in [0.1, 0.15) is 83.8 Å². The van der Waals surface area contributed by atoms with Crippen LogP contribution < -0.4 is 10.6 Å². The third-order valence-corrected chi connectivity index (χ3v) is 13.1. The lowest BCUT2D eigenvalue weighted by molar-refractivity contribution is -0.213. The van der Waals surface area contributed by atoms with Crippen LogP contribution in [0.15, 0.2) is 140 Å². The number of phenolic OH excluding ortho intramolecular Hbond substituents is 1. The molecule has 0 aromatic heterocycles. The number of hydroxylamine groups is 2. The summed E-state index contributed by atoms with van der Waals surface area (Å²) in [4.78, 5) is 62.5. The first kappa shape index (κ1) is 47.4. The number of carbonyl (C=O) groups is 4. The number of phenols is 1. The minimum Gasteiger partial charge on any atom is -0.508 e. The van der Waals surface area contributed by atoms with Gasteiger partial charge in [-0.1, -0.05) is 127 Å². The maximum atomic E-state index is 15.2. The molecule has 0 radical (unpaired) electrons. The number of fused-ring (bicyclic) bond motifs is 4. The summed E-state index contributed by atoms with van der Waals surface area (Å²) in [5.41, 5.74) is 2.69. The molecule has 7 unspecified atom stereocenters. The van der Waals surface area contributed by atoms with Crippen molar-refractivity contribution in [3.8, 4) is 5.75 Å². The van der Waals surface area contributed by atoms with E-state index < -0.39 is 77.1 Å². The average molecular weight is 936 g/mol. The Kier molecular flexibility index (Phi) is 13.6. The highest BCUT2D eigenvalue weighted by atomic mass is 16.8. The Bertz CT molecular complexity index is 2670. The number of rotatable bonds is 16. The lowest BCUT2D eigenvalue weighted by Crippen LogP contribution is -2.69. The summed E-state index contributed by atoms with van der Waals surface area (Å²) in [7, 11) is 0. The molecule has 0 spiro atoms. The van der Waals surface area contributed by atoms with Crippen molar-refractivity contribution >= 4 is 29.8 Å². The number of hydrogen-bond acceptors (Lipinski definition) is 12. The quantitative estimate of drug-likeness (QED) is 0.0774. The number of ether oxygens (including phenoxy) is 4. The molecule has 7 atom stereocenters. The first-order chi connectivity index (χ1) is 33.3. The Morgan fingerprint density at radius 1 is 0.855 bits per heavy atom. The Morgan fingerprint density at radius 2 is 1.54 bits per heavy atom. The van der Waals surface area contributed by atoms with Gasteiger partial charge in [0.2, 0.25) is 11.7 Å². The lowest BCUT2D eigenvalue weighted by atomic mass is 9.62. The fourth-order valence-electron chi connectivity index (χ4n) is 10.0. The van der Waals surface area contributed by atoms with Crippen LogP contribution in [0.5, 0.6) is 5.75 Å². The molecule has 4 aliphatic rings. The summed E-state index contributed by atoms with van der Waals surface area (Å²) >= 11 is 0. The summed E-state index contributed by atoms with van der Waals surface area (Å²) in [5.74, 6) is -3.15. The van der Waals surface area contributed by atoms with Crippen LogP contribution in [0.4, 0.5) is 0 Å². The maximum Gasteiger partial charge on any atom is 0.327 e. The van der Waals surface area contributed by atoms with Crippen LogP contribution in [0.3, 0.4) is 0 Å². The molecule has 4 fully saturated rings. The molecule has 2 amide bonds. The second-order valence-electron chi connectivity index (χ2n) is 19.1. The van der Waals surface area contributed by atoms with Gasteiger partial charge in [0.05, 0.1) is 19.2 Å². The molecule has 14 nitrogen and oxygen atoms in total. The fourth-order valence-corrected chi connectivity index (χ4v) is 10.0. The number of hydrogen-bond donors (Lipinski definition) is 4. The van der Waals surface area contributed by atoms with Crippen molar-refractivity contribution < 1.29 is 53.2 Å². The van der Waals surface area contributed by atoms with Gasteiger partial charge < -0.3 is 39.8 Å². The van der Waals surface area contributed by atoms with Crippen molar-refractivity contribution in [1.29, 1.82) is 0 Å². The van der Waals surface area contributed by atoms with Crippen LogP contribution in [-0.2, 0) is 63.5 Å². The summed E-state index contributed by atoms with van der Waals surface area (Å²) in [6.45, 7) is 5.06.